The Morgan fingerprint density at radius 2 is 1.64 bits per heavy atom. The molecular weight excluding hydrogens is 430 g/mol. The number of carbonyl (C=O) groups excluding carboxylic acids is 1. The zero-order valence-corrected chi connectivity index (χ0v) is 22.3. The molecule has 174 valence electrons. The van der Waals surface area contributed by atoms with Gasteiger partial charge in [0.2, 0.25) is 0 Å². The van der Waals surface area contributed by atoms with E-state index in [9.17, 15) is 24.5 Å². The molecule has 0 aliphatic rings. The van der Waals surface area contributed by atoms with Gasteiger partial charge >= 0.3 is 29.6 Å². The Kier molecular flexibility index (Phi) is 12.0. The molecule has 2 rings (SSSR count). The topological polar surface area (TPSA) is 80.6 Å². The number of aliphatic carboxylic acids is 1. The smallest absolute Gasteiger partial charge is 0.550 e. The summed E-state index contributed by atoms with van der Waals surface area (Å²) in [6.07, 6.45) is 2.44. The minimum Gasteiger partial charge on any atom is -0.550 e. The molecule has 0 aromatic heterocycles. The zero-order chi connectivity index (χ0) is 23.9. The minimum absolute atomic E-state index is 0. The van der Waals surface area contributed by atoms with Gasteiger partial charge in [-0.2, -0.15) is 0 Å². The van der Waals surface area contributed by atoms with Crippen LogP contribution in [0, 0.1) is 5.82 Å². The molecule has 0 spiro atoms. The van der Waals surface area contributed by atoms with Crippen molar-refractivity contribution in [2.24, 2.45) is 0 Å². The normalized spacial score (nSPS) is 13.7. The van der Waals surface area contributed by atoms with Crippen molar-refractivity contribution in [2.45, 2.75) is 76.9 Å². The second kappa shape index (κ2) is 13.4. The molecule has 0 unspecified atom stereocenters. The number of carboxylic acid groups (broad SMARTS) is 1. The van der Waals surface area contributed by atoms with Crippen LogP contribution in [0.3, 0.4) is 0 Å². The Morgan fingerprint density at radius 1 is 1.06 bits per heavy atom. The van der Waals surface area contributed by atoms with Gasteiger partial charge in [-0.15, -0.1) is 0 Å². The number of halogens is 1. The number of rotatable bonds is 11. The molecule has 33 heavy (non-hydrogen) atoms. The van der Waals surface area contributed by atoms with Crippen LogP contribution in [0.4, 0.5) is 4.39 Å². The fraction of sp³-hybridized carbons (Fsp3) is 0.444. The number of benzene rings is 2. The Bertz CT molecular complexity index is 920. The summed E-state index contributed by atoms with van der Waals surface area (Å²) in [6, 6.07) is 13.0. The minimum atomic E-state index is -1.34. The van der Waals surface area contributed by atoms with Crippen molar-refractivity contribution in [3.8, 4) is 0 Å². The van der Waals surface area contributed by atoms with E-state index in [4.69, 9.17) is 0 Å². The molecule has 0 bridgehead atoms. The first-order chi connectivity index (χ1) is 15.1. The summed E-state index contributed by atoms with van der Waals surface area (Å²) in [5, 5.41) is 30.4. The van der Waals surface area contributed by atoms with Crippen LogP contribution in [0.15, 0.2) is 48.5 Å². The third-order valence-electron chi connectivity index (χ3n) is 6.28. The maximum atomic E-state index is 13.5. The van der Waals surface area contributed by atoms with Gasteiger partial charge in [-0.1, -0.05) is 70.2 Å². The number of hydrogen-bond acceptors (Lipinski definition) is 4. The summed E-state index contributed by atoms with van der Waals surface area (Å²) in [4.78, 5) is 10.6. The van der Waals surface area contributed by atoms with Crippen LogP contribution in [0.1, 0.15) is 81.5 Å². The Hall–Kier alpha value is -1.50. The number of aliphatic hydroxyl groups excluding tert-OH is 2. The Balaban J connectivity index is 0.00000544. The molecule has 2 aromatic carbocycles. The van der Waals surface area contributed by atoms with Gasteiger partial charge in [0.25, 0.3) is 0 Å². The maximum Gasteiger partial charge on any atom is 1.00 e. The van der Waals surface area contributed by atoms with Crippen LogP contribution in [0.5, 0.6) is 0 Å². The Morgan fingerprint density at radius 3 is 2.15 bits per heavy atom. The molecule has 4 nitrogen and oxygen atoms in total. The quantitative estimate of drug-likeness (QED) is 0.492. The summed E-state index contributed by atoms with van der Waals surface area (Å²) in [5.74, 6) is -1.36. The summed E-state index contributed by atoms with van der Waals surface area (Å²) in [6.45, 7) is 8.50. The van der Waals surface area contributed by atoms with Gasteiger partial charge in [0.15, 0.2) is 0 Å². The van der Waals surface area contributed by atoms with E-state index in [1.807, 2.05) is 24.3 Å². The van der Waals surface area contributed by atoms with Crippen LogP contribution >= 0.6 is 0 Å². The molecule has 0 saturated heterocycles. The van der Waals surface area contributed by atoms with Gasteiger partial charge < -0.3 is 20.1 Å². The fourth-order valence-corrected chi connectivity index (χ4v) is 4.37. The molecule has 0 saturated carbocycles. The number of carboxylic acids is 1. The first-order valence-corrected chi connectivity index (χ1v) is 11.3. The van der Waals surface area contributed by atoms with Crippen LogP contribution in [-0.4, -0.2) is 28.4 Å². The van der Waals surface area contributed by atoms with Crippen LogP contribution in [0.25, 0.3) is 6.08 Å². The summed E-state index contributed by atoms with van der Waals surface area (Å²) < 4.78 is 13.5. The van der Waals surface area contributed by atoms with Gasteiger partial charge in [0.1, 0.15) is 5.82 Å². The maximum absolute atomic E-state index is 13.5. The van der Waals surface area contributed by atoms with E-state index in [1.54, 1.807) is 6.08 Å². The third kappa shape index (κ3) is 7.76. The van der Waals surface area contributed by atoms with E-state index < -0.39 is 24.6 Å². The van der Waals surface area contributed by atoms with Crippen molar-refractivity contribution >= 4 is 12.0 Å². The summed E-state index contributed by atoms with van der Waals surface area (Å²) in [7, 11) is 0. The van der Waals surface area contributed by atoms with Gasteiger partial charge in [-0.3, -0.25) is 0 Å². The Labute approximate surface area is 218 Å². The predicted molar refractivity (Wildman–Crippen MR) is 124 cm³/mol. The van der Waals surface area contributed by atoms with E-state index in [2.05, 4.69) is 39.8 Å². The van der Waals surface area contributed by atoms with E-state index >= 15 is 0 Å². The molecule has 6 heteroatoms. The number of hydrogen-bond donors (Lipinski definition) is 2. The van der Waals surface area contributed by atoms with Gasteiger partial charge in [-0.25, -0.2) is 4.39 Å². The third-order valence-corrected chi connectivity index (χ3v) is 6.28. The number of carbonyl (C=O) groups is 1. The molecule has 2 N–H and O–H groups in total. The van der Waals surface area contributed by atoms with Crippen molar-refractivity contribution in [3.63, 3.8) is 0 Å². The SMILES string of the molecule is CCC(CC)(c1ccc(F)cc1)c1ccc(/C=C/[C@@H](O)C[C@@H](O)CC(=O)[O-])c(C(C)C)c1.[Na+]. The van der Waals surface area contributed by atoms with E-state index in [-0.39, 0.29) is 53.1 Å². The molecule has 2 aromatic rings. The van der Waals surface area contributed by atoms with Crippen molar-refractivity contribution in [3.05, 3.63) is 76.6 Å². The molecule has 0 heterocycles. The average Bonchev–Trinajstić information content (AvgIpc) is 2.74. The van der Waals surface area contributed by atoms with Crippen molar-refractivity contribution in [2.75, 3.05) is 0 Å². The molecule has 0 amide bonds. The standard InChI is InChI=1S/C27H35FO4.Na/c1-5-27(6-2,20-10-12-22(28)13-11-20)21-9-7-19(25(15-21)18(3)4)8-14-23(29)16-24(30)17-26(31)32;/h7-15,18,23-24,29-30H,5-6,16-17H2,1-4H3,(H,31,32);/q;+1/p-1/b14-8+;/t23-,24-;/m1./s1. The first kappa shape index (κ1) is 29.5. The van der Waals surface area contributed by atoms with Crippen LogP contribution in [-0.2, 0) is 10.2 Å². The predicted octanol–water partition coefficient (Wildman–Crippen LogP) is 1.32. The summed E-state index contributed by atoms with van der Waals surface area (Å²) >= 11 is 0. The fourth-order valence-electron chi connectivity index (χ4n) is 4.37. The molecule has 0 aliphatic heterocycles. The monoisotopic (exact) mass is 464 g/mol. The second-order valence-electron chi connectivity index (χ2n) is 8.69. The molecular formula is C27H34FNaO4. The van der Waals surface area contributed by atoms with E-state index in [0.29, 0.717) is 0 Å². The molecule has 0 radical (unpaired) electrons. The molecule has 0 fully saturated rings. The van der Waals surface area contributed by atoms with Crippen molar-refractivity contribution in [1.82, 2.24) is 0 Å². The zero-order valence-electron chi connectivity index (χ0n) is 20.3. The molecule has 2 atom stereocenters. The first-order valence-electron chi connectivity index (χ1n) is 11.3. The molecule has 0 aliphatic carbocycles. The van der Waals surface area contributed by atoms with Crippen molar-refractivity contribution < 1.29 is 54.1 Å². The van der Waals surface area contributed by atoms with Crippen LogP contribution < -0.4 is 34.7 Å². The second-order valence-corrected chi connectivity index (χ2v) is 8.69. The largest absolute Gasteiger partial charge is 1.00 e. The van der Waals surface area contributed by atoms with E-state index in [1.165, 1.54) is 17.7 Å². The van der Waals surface area contributed by atoms with Crippen molar-refractivity contribution in [1.29, 1.82) is 0 Å². The van der Waals surface area contributed by atoms with Crippen LogP contribution in [0.2, 0.25) is 0 Å². The summed E-state index contributed by atoms with van der Waals surface area (Å²) in [5.41, 5.74) is 4.10. The average molecular weight is 465 g/mol. The van der Waals surface area contributed by atoms with Gasteiger partial charge in [0, 0.05) is 24.2 Å². The van der Waals surface area contributed by atoms with Gasteiger partial charge in [0.05, 0.1) is 12.2 Å². The number of aliphatic hydroxyl groups is 2. The van der Waals surface area contributed by atoms with Gasteiger partial charge in [-0.05, 0) is 53.1 Å². The van der Waals surface area contributed by atoms with E-state index in [0.717, 1.165) is 29.5 Å².